The molecule has 0 saturated carbocycles. The van der Waals surface area contributed by atoms with Gasteiger partial charge in [-0.15, -0.1) is 0 Å². The quantitative estimate of drug-likeness (QED) is 0.595. The van der Waals surface area contributed by atoms with Gasteiger partial charge in [0, 0.05) is 5.56 Å². The van der Waals surface area contributed by atoms with Crippen molar-refractivity contribution in [3.05, 3.63) is 47.9 Å². The Labute approximate surface area is 165 Å². The van der Waals surface area contributed by atoms with Crippen LogP contribution in [0.3, 0.4) is 0 Å². The van der Waals surface area contributed by atoms with Gasteiger partial charge in [0.05, 0.1) is 6.26 Å². The van der Waals surface area contributed by atoms with Gasteiger partial charge in [0.25, 0.3) is 17.7 Å². The molecule has 0 radical (unpaired) electrons. The van der Waals surface area contributed by atoms with Gasteiger partial charge in [-0.25, -0.2) is 0 Å². The Morgan fingerprint density at radius 3 is 2.68 bits per heavy atom. The van der Waals surface area contributed by atoms with E-state index in [-0.39, 0.29) is 12.6 Å². The van der Waals surface area contributed by atoms with Gasteiger partial charge >= 0.3 is 0 Å². The number of hydrazine groups is 1. The molecule has 1 aromatic carbocycles. The number of carbonyl (C=O) groups excluding carboxylic acids is 3. The molecule has 10 heteroatoms. The summed E-state index contributed by atoms with van der Waals surface area (Å²) in [6, 6.07) is 6.94. The van der Waals surface area contributed by atoms with E-state index >= 15 is 0 Å². The van der Waals surface area contributed by atoms with E-state index in [2.05, 4.69) is 16.2 Å². The molecule has 2 aromatic rings. The summed E-state index contributed by atoms with van der Waals surface area (Å²) in [7, 11) is 0. The molecule has 148 valence electrons. The van der Waals surface area contributed by atoms with Crippen LogP contribution >= 0.6 is 11.8 Å². The smallest absolute Gasteiger partial charge is 0.287 e. The Balaban J connectivity index is 1.58. The molecule has 1 atom stereocenters. The molecule has 1 aliphatic heterocycles. The third kappa shape index (κ3) is 4.77. The summed E-state index contributed by atoms with van der Waals surface area (Å²) < 4.78 is 15.5. The summed E-state index contributed by atoms with van der Waals surface area (Å²) in [5.41, 5.74) is 4.98. The van der Waals surface area contributed by atoms with Crippen molar-refractivity contribution in [2.45, 2.75) is 12.5 Å². The molecule has 0 fully saturated rings. The van der Waals surface area contributed by atoms with E-state index < -0.39 is 23.8 Å². The van der Waals surface area contributed by atoms with Crippen molar-refractivity contribution < 1.29 is 28.3 Å². The highest BCUT2D eigenvalue weighted by molar-refractivity contribution is 7.98. The first-order valence-electron chi connectivity index (χ1n) is 8.41. The van der Waals surface area contributed by atoms with Crippen molar-refractivity contribution in [2.24, 2.45) is 0 Å². The molecule has 1 aromatic heterocycles. The summed E-state index contributed by atoms with van der Waals surface area (Å²) in [4.78, 5) is 36.9. The first kappa shape index (κ1) is 19.6. The average Bonchev–Trinajstić information content (AvgIpc) is 3.39. The molecule has 3 N–H and O–H groups in total. The standard InChI is InChI=1S/C18H19N3O6S/c1-28-8-6-12(19-18(24)14-3-2-7-25-14)17(23)21-20-16(22)11-4-5-13-15(9-11)27-10-26-13/h2-5,7,9,12H,6,8,10H2,1H3,(H,19,24)(H,20,22)(H,21,23)/t12-/m1/s1. The molecular weight excluding hydrogens is 386 g/mol. The van der Waals surface area contributed by atoms with Crippen molar-refractivity contribution in [3.63, 3.8) is 0 Å². The van der Waals surface area contributed by atoms with E-state index in [9.17, 15) is 14.4 Å². The number of furan rings is 1. The Kier molecular flexibility index (Phi) is 6.43. The zero-order chi connectivity index (χ0) is 19.9. The summed E-state index contributed by atoms with van der Waals surface area (Å²) in [5, 5.41) is 2.61. The van der Waals surface area contributed by atoms with E-state index in [0.717, 1.165) is 0 Å². The molecule has 1 aliphatic rings. The normalized spacial score (nSPS) is 12.9. The molecule has 0 saturated heterocycles. The van der Waals surface area contributed by atoms with E-state index in [4.69, 9.17) is 13.9 Å². The molecule has 0 aliphatic carbocycles. The van der Waals surface area contributed by atoms with Crippen molar-refractivity contribution in [3.8, 4) is 11.5 Å². The van der Waals surface area contributed by atoms with Gasteiger partial charge in [0.1, 0.15) is 6.04 Å². The predicted molar refractivity (Wildman–Crippen MR) is 101 cm³/mol. The highest BCUT2D eigenvalue weighted by Crippen LogP contribution is 2.32. The summed E-state index contributed by atoms with van der Waals surface area (Å²) in [6.45, 7) is 0.101. The van der Waals surface area contributed by atoms with Crippen molar-refractivity contribution in [1.29, 1.82) is 0 Å². The number of amides is 3. The fourth-order valence-corrected chi connectivity index (χ4v) is 2.93. The van der Waals surface area contributed by atoms with E-state index in [0.29, 0.717) is 29.2 Å². The van der Waals surface area contributed by atoms with Crippen molar-refractivity contribution in [2.75, 3.05) is 18.8 Å². The van der Waals surface area contributed by atoms with Gasteiger partial charge in [-0.2, -0.15) is 11.8 Å². The second-order valence-corrected chi connectivity index (χ2v) is 6.78. The monoisotopic (exact) mass is 405 g/mol. The number of hydrogen-bond acceptors (Lipinski definition) is 7. The van der Waals surface area contributed by atoms with Crippen LogP contribution in [0.15, 0.2) is 41.0 Å². The average molecular weight is 405 g/mol. The highest BCUT2D eigenvalue weighted by Gasteiger charge is 2.23. The van der Waals surface area contributed by atoms with Gasteiger partial charge in [-0.3, -0.25) is 25.2 Å². The van der Waals surface area contributed by atoms with Gasteiger partial charge in [0.2, 0.25) is 6.79 Å². The summed E-state index contributed by atoms with van der Waals surface area (Å²) in [6.07, 6.45) is 3.65. The number of benzene rings is 1. The fourth-order valence-electron chi connectivity index (χ4n) is 2.46. The maximum atomic E-state index is 12.5. The number of fused-ring (bicyclic) bond motifs is 1. The zero-order valence-corrected chi connectivity index (χ0v) is 15.8. The van der Waals surface area contributed by atoms with Gasteiger partial charge in [-0.05, 0) is 48.8 Å². The fraction of sp³-hybridized carbons (Fsp3) is 0.278. The molecular formula is C18H19N3O6S. The van der Waals surface area contributed by atoms with Gasteiger partial charge in [-0.1, -0.05) is 0 Å². The summed E-state index contributed by atoms with van der Waals surface area (Å²) >= 11 is 1.54. The molecule has 3 rings (SSSR count). The molecule has 9 nitrogen and oxygen atoms in total. The minimum atomic E-state index is -0.831. The lowest BCUT2D eigenvalue weighted by Crippen LogP contribution is -2.52. The molecule has 0 spiro atoms. The molecule has 3 amide bonds. The SMILES string of the molecule is CSCC[C@@H](NC(=O)c1ccco1)C(=O)NNC(=O)c1ccc2c(c1)OCO2. The maximum Gasteiger partial charge on any atom is 0.287 e. The lowest BCUT2D eigenvalue weighted by molar-refractivity contribution is -0.123. The second kappa shape index (κ2) is 9.18. The van der Waals surface area contributed by atoms with Crippen LogP contribution in [0.4, 0.5) is 0 Å². The van der Waals surface area contributed by atoms with Crippen molar-refractivity contribution in [1.82, 2.24) is 16.2 Å². The number of rotatable bonds is 7. The Morgan fingerprint density at radius 2 is 1.93 bits per heavy atom. The van der Waals surface area contributed by atoms with Gasteiger partial charge in [0.15, 0.2) is 17.3 Å². The van der Waals surface area contributed by atoms with Crippen molar-refractivity contribution >= 4 is 29.5 Å². The number of nitrogens with one attached hydrogen (secondary N) is 3. The number of hydrogen-bond donors (Lipinski definition) is 3. The van der Waals surface area contributed by atoms with Crippen LogP contribution in [0.25, 0.3) is 0 Å². The van der Waals surface area contributed by atoms with Crippen LogP contribution < -0.4 is 25.6 Å². The number of thioether (sulfide) groups is 1. The zero-order valence-electron chi connectivity index (χ0n) is 15.0. The van der Waals surface area contributed by atoms with Gasteiger partial charge < -0.3 is 19.2 Å². The highest BCUT2D eigenvalue weighted by atomic mass is 32.2. The third-order valence-corrected chi connectivity index (χ3v) is 4.56. The van der Waals surface area contributed by atoms with Crippen LogP contribution in [0.2, 0.25) is 0 Å². The first-order valence-corrected chi connectivity index (χ1v) is 9.81. The van der Waals surface area contributed by atoms with Crippen LogP contribution in [-0.2, 0) is 4.79 Å². The van der Waals surface area contributed by atoms with Crippen LogP contribution in [-0.4, -0.2) is 42.6 Å². The van der Waals surface area contributed by atoms with E-state index in [1.165, 1.54) is 30.2 Å². The Bertz CT molecular complexity index is 855. The first-order chi connectivity index (χ1) is 13.6. The van der Waals surface area contributed by atoms with Crippen LogP contribution in [0.5, 0.6) is 11.5 Å². The molecule has 2 heterocycles. The number of carbonyl (C=O) groups is 3. The maximum absolute atomic E-state index is 12.5. The lowest BCUT2D eigenvalue weighted by Gasteiger charge is -2.18. The third-order valence-electron chi connectivity index (χ3n) is 3.91. The topological polar surface area (TPSA) is 119 Å². The number of ether oxygens (including phenoxy) is 2. The van der Waals surface area contributed by atoms with E-state index in [1.807, 2.05) is 6.26 Å². The minimum absolute atomic E-state index is 0.101. The second-order valence-electron chi connectivity index (χ2n) is 5.80. The lowest BCUT2D eigenvalue weighted by atomic mass is 10.2. The molecule has 28 heavy (non-hydrogen) atoms. The Hall–Kier alpha value is -3.14. The predicted octanol–water partition coefficient (Wildman–Crippen LogP) is 1.32. The van der Waals surface area contributed by atoms with Crippen LogP contribution in [0, 0.1) is 0 Å². The minimum Gasteiger partial charge on any atom is -0.459 e. The van der Waals surface area contributed by atoms with E-state index in [1.54, 1.807) is 18.2 Å². The molecule has 0 unspecified atom stereocenters. The Morgan fingerprint density at radius 1 is 1.11 bits per heavy atom. The van der Waals surface area contributed by atoms with Crippen LogP contribution in [0.1, 0.15) is 27.3 Å². The molecule has 0 bridgehead atoms. The largest absolute Gasteiger partial charge is 0.459 e. The summed E-state index contributed by atoms with van der Waals surface area (Å²) in [5.74, 6) is 0.198.